The smallest absolute Gasteiger partial charge is 0.244 e. The van der Waals surface area contributed by atoms with Crippen LogP contribution in [0.25, 0.3) is 0 Å². The van der Waals surface area contributed by atoms with Crippen molar-refractivity contribution in [3.8, 4) is 0 Å². The Bertz CT molecular complexity index is 323. The molecule has 0 atom stereocenters. The molecule has 0 aliphatic heterocycles. The molecule has 2 N–H and O–H groups in total. The van der Waals surface area contributed by atoms with E-state index in [0.29, 0.717) is 6.54 Å². The van der Waals surface area contributed by atoms with E-state index in [1.165, 1.54) is 6.08 Å². The molecule has 1 amide bonds. The first-order chi connectivity index (χ1) is 6.83. The van der Waals surface area contributed by atoms with Crippen molar-refractivity contribution in [3.63, 3.8) is 0 Å². The van der Waals surface area contributed by atoms with Gasteiger partial charge in [-0.1, -0.05) is 18.2 Å². The quantitative estimate of drug-likeness (QED) is 0.551. The third-order valence-corrected chi connectivity index (χ3v) is 1.67. The molecule has 74 valence electrons. The van der Waals surface area contributed by atoms with Crippen LogP contribution in [0.3, 0.4) is 0 Å². The van der Waals surface area contributed by atoms with Crippen molar-refractivity contribution in [1.82, 2.24) is 10.3 Å². The van der Waals surface area contributed by atoms with Crippen LogP contribution in [0.5, 0.6) is 0 Å². The summed E-state index contributed by atoms with van der Waals surface area (Å²) in [5, 5.41) is 2.75. The minimum Gasteiger partial charge on any atom is -0.364 e. The summed E-state index contributed by atoms with van der Waals surface area (Å²) in [7, 11) is 0. The van der Waals surface area contributed by atoms with Gasteiger partial charge in [0, 0.05) is 18.0 Å². The Morgan fingerprint density at radius 3 is 3.07 bits per heavy atom. The topological polar surface area (TPSA) is 44.9 Å². The average molecular weight is 190 g/mol. The van der Waals surface area contributed by atoms with E-state index in [9.17, 15) is 4.79 Å². The van der Waals surface area contributed by atoms with Crippen LogP contribution in [-0.2, 0) is 11.3 Å². The lowest BCUT2D eigenvalue weighted by Crippen LogP contribution is -2.20. The van der Waals surface area contributed by atoms with E-state index in [4.69, 9.17) is 0 Å². The molecule has 0 bridgehead atoms. The van der Waals surface area contributed by atoms with Gasteiger partial charge in [-0.3, -0.25) is 4.79 Å². The maximum atomic E-state index is 11.2. The second kappa shape index (κ2) is 5.80. The summed E-state index contributed by atoms with van der Waals surface area (Å²) in [6.07, 6.45) is 8.73. The van der Waals surface area contributed by atoms with Crippen LogP contribution >= 0.6 is 0 Å². The van der Waals surface area contributed by atoms with Gasteiger partial charge in [0.2, 0.25) is 5.91 Å². The lowest BCUT2D eigenvalue weighted by molar-refractivity contribution is -0.116. The Morgan fingerprint density at radius 2 is 2.43 bits per heavy atom. The molecule has 3 nitrogen and oxygen atoms in total. The van der Waals surface area contributed by atoms with Gasteiger partial charge in [0.15, 0.2) is 0 Å². The number of allylic oxidation sites excluding steroid dienone is 3. The summed E-state index contributed by atoms with van der Waals surface area (Å²) in [5.41, 5.74) is 0.998. The van der Waals surface area contributed by atoms with Gasteiger partial charge in [0.25, 0.3) is 0 Å². The number of H-pyrrole nitrogens is 1. The highest BCUT2D eigenvalue weighted by atomic mass is 16.1. The van der Waals surface area contributed by atoms with Gasteiger partial charge >= 0.3 is 0 Å². The fourth-order valence-electron chi connectivity index (χ4n) is 0.973. The van der Waals surface area contributed by atoms with Gasteiger partial charge in [0.05, 0.1) is 6.54 Å². The molecule has 0 fully saturated rings. The first-order valence-corrected chi connectivity index (χ1v) is 4.52. The molecule has 0 aliphatic rings. The minimum atomic E-state index is -0.0855. The molecular weight excluding hydrogens is 176 g/mol. The molecule has 0 radical (unpaired) electrons. The van der Waals surface area contributed by atoms with Gasteiger partial charge in [-0.2, -0.15) is 0 Å². The standard InChI is InChI=1S/C11H14N2O/c1-2-3-4-7-11(14)13-9-10-6-5-8-12-10/h2-8,12H,9H2,1H3,(H,13,14)/b3-2+,7-4+. The Hall–Kier alpha value is -1.77. The molecule has 1 aromatic rings. The van der Waals surface area contributed by atoms with Crippen LogP contribution in [0.2, 0.25) is 0 Å². The number of aromatic amines is 1. The molecule has 0 aromatic carbocycles. The second-order valence-electron chi connectivity index (χ2n) is 2.80. The van der Waals surface area contributed by atoms with E-state index in [-0.39, 0.29) is 5.91 Å². The molecule has 1 rings (SSSR count). The predicted octanol–water partition coefficient (Wildman–Crippen LogP) is 1.76. The zero-order valence-electron chi connectivity index (χ0n) is 8.16. The van der Waals surface area contributed by atoms with Crippen LogP contribution in [-0.4, -0.2) is 10.9 Å². The number of hydrogen-bond acceptors (Lipinski definition) is 1. The van der Waals surface area contributed by atoms with Crippen LogP contribution in [0.15, 0.2) is 42.6 Å². The minimum absolute atomic E-state index is 0.0855. The highest BCUT2D eigenvalue weighted by molar-refractivity contribution is 5.87. The first-order valence-electron chi connectivity index (χ1n) is 4.52. The van der Waals surface area contributed by atoms with E-state index in [2.05, 4.69) is 10.3 Å². The molecule has 0 spiro atoms. The zero-order valence-corrected chi connectivity index (χ0v) is 8.16. The number of nitrogens with one attached hydrogen (secondary N) is 2. The number of carbonyl (C=O) groups is 1. The number of hydrogen-bond donors (Lipinski definition) is 2. The summed E-state index contributed by atoms with van der Waals surface area (Å²) >= 11 is 0. The monoisotopic (exact) mass is 190 g/mol. The highest BCUT2D eigenvalue weighted by Crippen LogP contribution is 1.92. The maximum absolute atomic E-state index is 11.2. The number of amides is 1. The number of carbonyl (C=O) groups excluding carboxylic acids is 1. The normalized spacial score (nSPS) is 11.2. The van der Waals surface area contributed by atoms with Crippen molar-refractivity contribution in [2.24, 2.45) is 0 Å². The van der Waals surface area contributed by atoms with Crippen LogP contribution in [0, 0.1) is 0 Å². The summed E-state index contributed by atoms with van der Waals surface area (Å²) in [6, 6.07) is 3.83. The van der Waals surface area contributed by atoms with Gasteiger partial charge < -0.3 is 10.3 Å². The third-order valence-electron chi connectivity index (χ3n) is 1.67. The van der Waals surface area contributed by atoms with Crippen molar-refractivity contribution in [3.05, 3.63) is 48.3 Å². The van der Waals surface area contributed by atoms with Crippen LogP contribution in [0.1, 0.15) is 12.6 Å². The molecule has 14 heavy (non-hydrogen) atoms. The predicted molar refractivity (Wildman–Crippen MR) is 56.6 cm³/mol. The van der Waals surface area contributed by atoms with Crippen LogP contribution in [0.4, 0.5) is 0 Å². The summed E-state index contributed by atoms with van der Waals surface area (Å²) in [4.78, 5) is 14.2. The lowest BCUT2D eigenvalue weighted by atomic mass is 10.4. The lowest BCUT2D eigenvalue weighted by Gasteiger charge is -1.98. The van der Waals surface area contributed by atoms with E-state index in [0.717, 1.165) is 5.69 Å². The van der Waals surface area contributed by atoms with Crippen molar-refractivity contribution in [2.45, 2.75) is 13.5 Å². The molecule has 3 heteroatoms. The van der Waals surface area contributed by atoms with Gasteiger partial charge in [-0.25, -0.2) is 0 Å². The maximum Gasteiger partial charge on any atom is 0.244 e. The average Bonchev–Trinajstić information content (AvgIpc) is 2.68. The highest BCUT2D eigenvalue weighted by Gasteiger charge is 1.95. The van der Waals surface area contributed by atoms with Gasteiger partial charge in [-0.15, -0.1) is 0 Å². The third kappa shape index (κ3) is 3.76. The first kappa shape index (κ1) is 10.3. The molecule has 0 unspecified atom stereocenters. The SMILES string of the molecule is C/C=C/C=C/C(=O)NCc1ccc[nH]1. The van der Waals surface area contributed by atoms with Gasteiger partial charge in [-0.05, 0) is 19.1 Å². The molecule has 0 saturated carbocycles. The fourth-order valence-corrected chi connectivity index (χ4v) is 0.973. The summed E-state index contributed by atoms with van der Waals surface area (Å²) < 4.78 is 0. The molecular formula is C11H14N2O. The van der Waals surface area contributed by atoms with Crippen molar-refractivity contribution < 1.29 is 4.79 Å². The van der Waals surface area contributed by atoms with Crippen molar-refractivity contribution >= 4 is 5.91 Å². The van der Waals surface area contributed by atoms with E-state index >= 15 is 0 Å². The Kier molecular flexibility index (Phi) is 4.27. The molecule has 1 aromatic heterocycles. The summed E-state index contributed by atoms with van der Waals surface area (Å²) in [6.45, 7) is 2.44. The van der Waals surface area contributed by atoms with Gasteiger partial charge in [0.1, 0.15) is 0 Å². The molecule has 1 heterocycles. The molecule has 0 saturated heterocycles. The molecule has 0 aliphatic carbocycles. The largest absolute Gasteiger partial charge is 0.364 e. The Morgan fingerprint density at radius 1 is 1.57 bits per heavy atom. The second-order valence-corrected chi connectivity index (χ2v) is 2.80. The van der Waals surface area contributed by atoms with E-state index < -0.39 is 0 Å². The zero-order chi connectivity index (χ0) is 10.2. The van der Waals surface area contributed by atoms with Crippen molar-refractivity contribution in [1.29, 1.82) is 0 Å². The Balaban J connectivity index is 2.28. The summed E-state index contributed by atoms with van der Waals surface area (Å²) in [5.74, 6) is -0.0855. The Labute approximate surface area is 83.5 Å². The van der Waals surface area contributed by atoms with Crippen LogP contribution < -0.4 is 5.32 Å². The fraction of sp³-hybridized carbons (Fsp3) is 0.182. The van der Waals surface area contributed by atoms with Crippen molar-refractivity contribution in [2.75, 3.05) is 0 Å². The van der Waals surface area contributed by atoms with E-state index in [1.54, 1.807) is 6.08 Å². The number of rotatable bonds is 4. The van der Waals surface area contributed by atoms with E-state index in [1.807, 2.05) is 37.4 Å². The number of aromatic nitrogens is 1.